The highest BCUT2D eigenvalue weighted by atomic mass is 19.4. The maximum atomic E-state index is 12.8. The van der Waals surface area contributed by atoms with Gasteiger partial charge in [0.1, 0.15) is 18.5 Å². The highest BCUT2D eigenvalue weighted by molar-refractivity contribution is 5.68. The number of carbonyl (C=O) groups excluding carboxylic acids is 1. The second-order valence-corrected chi connectivity index (χ2v) is 10.1. The fourth-order valence-electron chi connectivity index (χ4n) is 4.07. The second kappa shape index (κ2) is 16.9. The Morgan fingerprint density at radius 2 is 1.65 bits per heavy atom. The number of anilines is 1. The first-order valence-corrected chi connectivity index (χ1v) is 14.2. The average molecular weight is 625 g/mol. The SMILES string of the molecule is CCC(=O)OCC(C)Oc1cccc(CCCCCNc2nn(CCCC(F)(F)F)c(=O)n(CCCC(F)(F)F)c2=O)c1. The van der Waals surface area contributed by atoms with E-state index >= 15 is 0 Å². The fraction of sp³-hybridized carbons (Fsp3) is 0.643. The molecule has 0 bridgehead atoms. The van der Waals surface area contributed by atoms with Gasteiger partial charge in [0.05, 0.1) is 0 Å². The zero-order chi connectivity index (χ0) is 32.0. The van der Waals surface area contributed by atoms with Gasteiger partial charge in [0, 0.05) is 38.9 Å². The molecule has 9 nitrogen and oxygen atoms in total. The molecule has 242 valence electrons. The molecule has 0 aliphatic heterocycles. The van der Waals surface area contributed by atoms with Gasteiger partial charge in [-0.25, -0.2) is 9.48 Å². The van der Waals surface area contributed by atoms with E-state index in [-0.39, 0.29) is 37.5 Å². The summed E-state index contributed by atoms with van der Waals surface area (Å²) in [5.74, 6) is 0.0352. The molecule has 1 N–H and O–H groups in total. The third kappa shape index (κ3) is 14.0. The molecule has 1 heterocycles. The lowest BCUT2D eigenvalue weighted by molar-refractivity contribution is -0.145. The number of rotatable bonds is 18. The molecule has 43 heavy (non-hydrogen) atoms. The maximum absolute atomic E-state index is 12.8. The summed E-state index contributed by atoms with van der Waals surface area (Å²) in [6.07, 6.45) is -9.58. The maximum Gasteiger partial charge on any atom is 0.389 e. The van der Waals surface area contributed by atoms with Crippen molar-refractivity contribution in [1.29, 1.82) is 0 Å². The Kier molecular flexibility index (Phi) is 14.1. The molecule has 1 aromatic heterocycles. The third-order valence-corrected chi connectivity index (χ3v) is 6.23. The van der Waals surface area contributed by atoms with E-state index in [1.54, 1.807) is 19.9 Å². The van der Waals surface area contributed by atoms with Crippen LogP contribution in [0.3, 0.4) is 0 Å². The van der Waals surface area contributed by atoms with Crippen molar-refractivity contribution in [3.8, 4) is 5.75 Å². The third-order valence-electron chi connectivity index (χ3n) is 6.23. The number of aromatic nitrogens is 3. The highest BCUT2D eigenvalue weighted by Crippen LogP contribution is 2.22. The summed E-state index contributed by atoms with van der Waals surface area (Å²) >= 11 is 0. The molecular weight excluding hydrogens is 586 g/mol. The molecule has 0 radical (unpaired) electrons. The smallest absolute Gasteiger partial charge is 0.389 e. The zero-order valence-corrected chi connectivity index (χ0v) is 24.2. The van der Waals surface area contributed by atoms with E-state index in [0.717, 1.165) is 24.8 Å². The molecule has 0 aliphatic rings. The number of alkyl halides is 6. The molecule has 15 heteroatoms. The molecule has 1 unspecified atom stereocenters. The summed E-state index contributed by atoms with van der Waals surface area (Å²) in [7, 11) is 0. The number of esters is 1. The van der Waals surface area contributed by atoms with Gasteiger partial charge in [0.15, 0.2) is 0 Å². The van der Waals surface area contributed by atoms with Crippen LogP contribution in [0, 0.1) is 0 Å². The van der Waals surface area contributed by atoms with Gasteiger partial charge in [-0.05, 0) is 56.7 Å². The monoisotopic (exact) mass is 624 g/mol. The number of unbranched alkanes of at least 4 members (excludes halogenated alkanes) is 2. The number of hydrogen-bond donors (Lipinski definition) is 1. The van der Waals surface area contributed by atoms with Crippen LogP contribution in [0.4, 0.5) is 32.2 Å². The standard InChI is InChI=1S/C28H38F6N4O5/c1-3-23(39)42-19-20(2)43-22-12-7-11-21(18-22)10-5-4-6-15-35-24-25(40)37(16-8-13-27(29,30)31)26(41)38(36-24)17-9-14-28(32,33)34/h7,11-12,18,20H,3-6,8-10,13-17,19H2,1-2H3,(H,35,36). The molecule has 2 aromatic rings. The summed E-state index contributed by atoms with van der Waals surface area (Å²) in [5, 5.41) is 6.65. The van der Waals surface area contributed by atoms with E-state index in [9.17, 15) is 40.7 Å². The van der Waals surface area contributed by atoms with Gasteiger partial charge < -0.3 is 14.8 Å². The second-order valence-electron chi connectivity index (χ2n) is 10.1. The van der Waals surface area contributed by atoms with Crippen LogP contribution in [0.5, 0.6) is 5.75 Å². The first-order valence-electron chi connectivity index (χ1n) is 14.2. The fourth-order valence-corrected chi connectivity index (χ4v) is 4.07. The molecule has 2 rings (SSSR count). The van der Waals surface area contributed by atoms with Crippen LogP contribution < -0.4 is 21.3 Å². The first-order chi connectivity index (χ1) is 20.2. The van der Waals surface area contributed by atoms with Crippen LogP contribution in [0.25, 0.3) is 0 Å². The lowest BCUT2D eigenvalue weighted by Crippen LogP contribution is -2.43. The number of nitrogens with one attached hydrogen (secondary N) is 1. The normalized spacial score (nSPS) is 12.7. The van der Waals surface area contributed by atoms with Gasteiger partial charge in [0.25, 0.3) is 5.56 Å². The molecule has 0 aliphatic carbocycles. The average Bonchev–Trinajstić information content (AvgIpc) is 2.92. The number of benzene rings is 1. The number of nitrogens with zero attached hydrogens (tertiary/aromatic N) is 3. The molecule has 0 amide bonds. The Hall–Kier alpha value is -3.52. The Balaban J connectivity index is 1.92. The largest absolute Gasteiger partial charge is 0.487 e. The topological polar surface area (TPSA) is 104 Å². The first kappa shape index (κ1) is 35.7. The van der Waals surface area contributed by atoms with E-state index in [1.807, 2.05) is 18.2 Å². The Morgan fingerprint density at radius 3 is 2.30 bits per heavy atom. The van der Waals surface area contributed by atoms with E-state index < -0.39 is 62.4 Å². The number of halogens is 6. The van der Waals surface area contributed by atoms with Gasteiger partial charge in [-0.1, -0.05) is 25.5 Å². The minimum atomic E-state index is -4.49. The predicted molar refractivity (Wildman–Crippen MR) is 147 cm³/mol. The highest BCUT2D eigenvalue weighted by Gasteiger charge is 2.28. The van der Waals surface area contributed by atoms with Gasteiger partial charge in [0.2, 0.25) is 5.82 Å². The molecule has 1 atom stereocenters. The van der Waals surface area contributed by atoms with Crippen LogP contribution in [0.2, 0.25) is 0 Å². The van der Waals surface area contributed by atoms with E-state index in [2.05, 4.69) is 10.4 Å². The van der Waals surface area contributed by atoms with Crippen LogP contribution in [0.15, 0.2) is 33.9 Å². The Morgan fingerprint density at radius 1 is 0.977 bits per heavy atom. The quantitative estimate of drug-likeness (QED) is 0.130. The summed E-state index contributed by atoms with van der Waals surface area (Å²) < 4.78 is 87.6. The number of aryl methyl sites for hydroxylation is 2. The van der Waals surface area contributed by atoms with E-state index in [0.29, 0.717) is 21.4 Å². The van der Waals surface area contributed by atoms with Crippen LogP contribution in [-0.2, 0) is 29.0 Å². The molecule has 0 spiro atoms. The lowest BCUT2D eigenvalue weighted by atomic mass is 10.1. The van der Waals surface area contributed by atoms with Crippen molar-refractivity contribution < 1.29 is 40.6 Å². The lowest BCUT2D eigenvalue weighted by Gasteiger charge is -2.15. The summed E-state index contributed by atoms with van der Waals surface area (Å²) in [6, 6.07) is 7.49. The van der Waals surface area contributed by atoms with E-state index in [4.69, 9.17) is 9.47 Å². The molecule has 0 saturated carbocycles. The zero-order valence-electron chi connectivity index (χ0n) is 24.2. The summed E-state index contributed by atoms with van der Waals surface area (Å²) in [5.41, 5.74) is -0.949. The Labute approximate surface area is 245 Å². The van der Waals surface area contributed by atoms with Crippen molar-refractivity contribution in [1.82, 2.24) is 14.3 Å². The van der Waals surface area contributed by atoms with Gasteiger partial charge in [-0.15, -0.1) is 5.10 Å². The number of ether oxygens (including phenoxy) is 2. The van der Waals surface area contributed by atoms with Crippen molar-refractivity contribution >= 4 is 11.8 Å². The molecule has 0 saturated heterocycles. The molecule has 0 fully saturated rings. The summed E-state index contributed by atoms with van der Waals surface area (Å²) in [4.78, 5) is 36.7. The van der Waals surface area contributed by atoms with Crippen molar-refractivity contribution in [3.63, 3.8) is 0 Å². The van der Waals surface area contributed by atoms with Crippen LogP contribution in [-0.4, -0.2) is 51.9 Å². The Bertz CT molecular complexity index is 1280. The number of carbonyl (C=O) groups is 1. The van der Waals surface area contributed by atoms with Gasteiger partial charge in [-0.2, -0.15) is 26.3 Å². The van der Waals surface area contributed by atoms with Crippen LogP contribution in [0.1, 0.15) is 70.8 Å². The van der Waals surface area contributed by atoms with E-state index in [1.165, 1.54) is 0 Å². The molecule has 1 aromatic carbocycles. The minimum Gasteiger partial charge on any atom is -0.487 e. The van der Waals surface area contributed by atoms with Crippen molar-refractivity contribution in [2.45, 2.75) is 103 Å². The minimum absolute atomic E-state index is 0.141. The van der Waals surface area contributed by atoms with Gasteiger partial charge >= 0.3 is 24.0 Å². The van der Waals surface area contributed by atoms with Crippen molar-refractivity contribution in [3.05, 3.63) is 50.7 Å². The van der Waals surface area contributed by atoms with Crippen molar-refractivity contribution in [2.75, 3.05) is 18.5 Å². The van der Waals surface area contributed by atoms with Crippen molar-refractivity contribution in [2.24, 2.45) is 0 Å². The molecular formula is C28H38F6N4O5. The van der Waals surface area contributed by atoms with Gasteiger partial charge in [-0.3, -0.25) is 14.2 Å². The number of hydrogen-bond acceptors (Lipinski definition) is 7. The van der Waals surface area contributed by atoms with Crippen LogP contribution >= 0.6 is 0 Å². The summed E-state index contributed by atoms with van der Waals surface area (Å²) in [6.45, 7) is 2.91. The predicted octanol–water partition coefficient (Wildman–Crippen LogP) is 5.64.